The Kier molecular flexibility index (Phi) is 5.63. The second kappa shape index (κ2) is 7.94. The Labute approximate surface area is 159 Å². The first-order valence-electron chi connectivity index (χ1n) is 9.57. The molecular weight excluding hydrogens is 342 g/mol. The quantitative estimate of drug-likeness (QED) is 0.847. The number of aryl methyl sites for hydroxylation is 1. The number of hydrogen-bond acceptors (Lipinski definition) is 3. The molecule has 1 atom stereocenters. The summed E-state index contributed by atoms with van der Waals surface area (Å²) >= 11 is 0. The second-order valence-corrected chi connectivity index (χ2v) is 7.32. The van der Waals surface area contributed by atoms with Crippen molar-refractivity contribution < 1.29 is 14.7 Å². The number of amides is 1. The van der Waals surface area contributed by atoms with Gasteiger partial charge in [-0.05, 0) is 62.4 Å². The molecule has 6 heteroatoms. The predicted octanol–water partition coefficient (Wildman–Crippen LogP) is 3.38. The molecule has 0 bridgehead atoms. The Hall–Kier alpha value is -2.63. The topological polar surface area (TPSA) is 75.4 Å². The van der Waals surface area contributed by atoms with Gasteiger partial charge in [0.2, 0.25) is 0 Å². The number of carboxylic acids is 1. The van der Waals surface area contributed by atoms with E-state index in [-0.39, 0.29) is 12.3 Å². The van der Waals surface area contributed by atoms with Gasteiger partial charge in [-0.2, -0.15) is 5.10 Å². The highest BCUT2D eigenvalue weighted by Crippen LogP contribution is 2.23. The minimum absolute atomic E-state index is 0.0908. The van der Waals surface area contributed by atoms with Crippen LogP contribution in [0.25, 0.3) is 5.69 Å². The molecule has 3 rings (SSSR count). The van der Waals surface area contributed by atoms with Gasteiger partial charge < -0.3 is 10.0 Å². The van der Waals surface area contributed by atoms with Crippen LogP contribution in [0.3, 0.4) is 0 Å². The molecule has 1 aromatic carbocycles. The van der Waals surface area contributed by atoms with Crippen LogP contribution in [0.4, 0.5) is 0 Å². The zero-order chi connectivity index (χ0) is 19.6. The highest BCUT2D eigenvalue weighted by atomic mass is 16.4. The molecule has 144 valence electrons. The first-order chi connectivity index (χ1) is 12.9. The van der Waals surface area contributed by atoms with E-state index in [4.69, 9.17) is 5.11 Å². The maximum absolute atomic E-state index is 12.7. The zero-order valence-corrected chi connectivity index (χ0v) is 16.2. The number of carbonyl (C=O) groups excluding carboxylic acids is 1. The third-order valence-electron chi connectivity index (χ3n) is 5.54. The fourth-order valence-electron chi connectivity index (χ4n) is 3.80. The molecule has 27 heavy (non-hydrogen) atoms. The summed E-state index contributed by atoms with van der Waals surface area (Å²) in [7, 11) is 0. The van der Waals surface area contributed by atoms with Crippen molar-refractivity contribution in [3.05, 3.63) is 46.8 Å². The molecule has 1 saturated heterocycles. The molecule has 2 heterocycles. The van der Waals surface area contributed by atoms with Gasteiger partial charge in [0.05, 0.1) is 11.4 Å². The summed E-state index contributed by atoms with van der Waals surface area (Å²) in [4.78, 5) is 25.5. The SMILES string of the molecule is CCC1CCN(C(=O)c2ccc(-n3nc(C)c(CCC(=O)O)c3C)cc2)C1. The van der Waals surface area contributed by atoms with Crippen LogP contribution in [0.5, 0.6) is 0 Å². The number of aromatic nitrogens is 2. The summed E-state index contributed by atoms with van der Waals surface area (Å²) in [5.74, 6) is -0.100. The van der Waals surface area contributed by atoms with Crippen molar-refractivity contribution in [1.82, 2.24) is 14.7 Å². The highest BCUT2D eigenvalue weighted by Gasteiger charge is 2.25. The smallest absolute Gasteiger partial charge is 0.303 e. The summed E-state index contributed by atoms with van der Waals surface area (Å²) in [6.07, 6.45) is 2.77. The van der Waals surface area contributed by atoms with Gasteiger partial charge in [-0.3, -0.25) is 9.59 Å². The molecule has 1 N–H and O–H groups in total. The van der Waals surface area contributed by atoms with Crippen LogP contribution in [0, 0.1) is 19.8 Å². The molecule has 0 aliphatic carbocycles. The van der Waals surface area contributed by atoms with Gasteiger partial charge >= 0.3 is 5.97 Å². The summed E-state index contributed by atoms with van der Waals surface area (Å²) in [5.41, 5.74) is 4.33. The fraction of sp³-hybridized carbons (Fsp3) is 0.476. The zero-order valence-electron chi connectivity index (χ0n) is 16.2. The van der Waals surface area contributed by atoms with E-state index in [0.717, 1.165) is 48.6 Å². The van der Waals surface area contributed by atoms with Crippen molar-refractivity contribution in [2.75, 3.05) is 13.1 Å². The van der Waals surface area contributed by atoms with Gasteiger partial charge in [-0.1, -0.05) is 13.3 Å². The molecular formula is C21H27N3O3. The monoisotopic (exact) mass is 369 g/mol. The number of hydrogen-bond donors (Lipinski definition) is 1. The van der Waals surface area contributed by atoms with Crippen molar-refractivity contribution >= 4 is 11.9 Å². The predicted molar refractivity (Wildman–Crippen MR) is 103 cm³/mol. The van der Waals surface area contributed by atoms with E-state index >= 15 is 0 Å². The molecule has 1 amide bonds. The Balaban J connectivity index is 1.77. The van der Waals surface area contributed by atoms with Gasteiger partial charge in [0, 0.05) is 30.8 Å². The van der Waals surface area contributed by atoms with E-state index in [0.29, 0.717) is 17.9 Å². The highest BCUT2D eigenvalue weighted by molar-refractivity contribution is 5.94. The van der Waals surface area contributed by atoms with E-state index in [1.54, 1.807) is 0 Å². The molecule has 1 aliphatic rings. The number of benzene rings is 1. The number of carbonyl (C=O) groups is 2. The maximum Gasteiger partial charge on any atom is 0.303 e. The van der Waals surface area contributed by atoms with E-state index in [2.05, 4.69) is 12.0 Å². The largest absolute Gasteiger partial charge is 0.481 e. The first-order valence-corrected chi connectivity index (χ1v) is 9.57. The van der Waals surface area contributed by atoms with Gasteiger partial charge in [0.1, 0.15) is 0 Å². The number of carboxylic acid groups (broad SMARTS) is 1. The van der Waals surface area contributed by atoms with Crippen LogP contribution in [0.1, 0.15) is 53.5 Å². The fourth-order valence-corrected chi connectivity index (χ4v) is 3.80. The van der Waals surface area contributed by atoms with Crippen molar-refractivity contribution in [2.24, 2.45) is 5.92 Å². The van der Waals surface area contributed by atoms with E-state index in [1.807, 2.05) is 47.7 Å². The summed E-state index contributed by atoms with van der Waals surface area (Å²) in [6.45, 7) is 7.71. The Morgan fingerprint density at radius 2 is 1.93 bits per heavy atom. The molecule has 1 unspecified atom stereocenters. The Morgan fingerprint density at radius 3 is 2.52 bits per heavy atom. The Bertz CT molecular complexity index is 839. The molecule has 2 aromatic rings. The molecule has 0 spiro atoms. The van der Waals surface area contributed by atoms with Crippen LogP contribution in [-0.4, -0.2) is 44.8 Å². The van der Waals surface area contributed by atoms with Gasteiger partial charge in [-0.25, -0.2) is 4.68 Å². The second-order valence-electron chi connectivity index (χ2n) is 7.32. The molecule has 0 saturated carbocycles. The number of nitrogens with zero attached hydrogens (tertiary/aromatic N) is 3. The van der Waals surface area contributed by atoms with Crippen LogP contribution < -0.4 is 0 Å². The van der Waals surface area contributed by atoms with Crippen LogP contribution in [0.2, 0.25) is 0 Å². The third-order valence-corrected chi connectivity index (χ3v) is 5.54. The molecule has 1 aliphatic heterocycles. The van der Waals surface area contributed by atoms with Gasteiger partial charge in [0.15, 0.2) is 0 Å². The molecule has 1 aromatic heterocycles. The normalized spacial score (nSPS) is 16.7. The lowest BCUT2D eigenvalue weighted by atomic mass is 10.1. The minimum Gasteiger partial charge on any atom is -0.481 e. The summed E-state index contributed by atoms with van der Waals surface area (Å²) in [6, 6.07) is 7.51. The molecule has 1 fully saturated rings. The van der Waals surface area contributed by atoms with Crippen molar-refractivity contribution in [1.29, 1.82) is 0 Å². The van der Waals surface area contributed by atoms with Crippen molar-refractivity contribution in [2.45, 2.75) is 46.5 Å². The van der Waals surface area contributed by atoms with Gasteiger partial charge in [-0.15, -0.1) is 0 Å². The standard InChI is InChI=1S/C21H27N3O3/c1-4-16-11-12-23(13-16)21(27)17-5-7-18(8-6-17)24-15(3)19(14(2)22-24)9-10-20(25)26/h5-8,16H,4,9-13H2,1-3H3,(H,25,26). The Morgan fingerprint density at radius 1 is 1.22 bits per heavy atom. The summed E-state index contributed by atoms with van der Waals surface area (Å²) in [5, 5.41) is 13.5. The number of likely N-dealkylation sites (tertiary alicyclic amines) is 1. The van der Waals surface area contributed by atoms with Crippen molar-refractivity contribution in [3.63, 3.8) is 0 Å². The molecule has 6 nitrogen and oxygen atoms in total. The van der Waals surface area contributed by atoms with Crippen LogP contribution in [-0.2, 0) is 11.2 Å². The number of rotatable bonds is 6. The summed E-state index contributed by atoms with van der Waals surface area (Å²) < 4.78 is 1.82. The van der Waals surface area contributed by atoms with Crippen LogP contribution in [0.15, 0.2) is 24.3 Å². The maximum atomic E-state index is 12.7. The van der Waals surface area contributed by atoms with E-state index in [9.17, 15) is 9.59 Å². The van der Waals surface area contributed by atoms with Crippen LogP contribution >= 0.6 is 0 Å². The van der Waals surface area contributed by atoms with Gasteiger partial charge in [0.25, 0.3) is 5.91 Å². The molecule has 0 radical (unpaired) electrons. The average Bonchev–Trinajstić information content (AvgIpc) is 3.24. The third kappa shape index (κ3) is 4.04. The van der Waals surface area contributed by atoms with Crippen molar-refractivity contribution in [3.8, 4) is 5.69 Å². The lowest BCUT2D eigenvalue weighted by molar-refractivity contribution is -0.136. The number of aliphatic carboxylic acids is 1. The van der Waals surface area contributed by atoms with E-state index in [1.165, 1.54) is 0 Å². The lowest BCUT2D eigenvalue weighted by Crippen LogP contribution is -2.28. The first kappa shape index (κ1) is 19.1. The lowest BCUT2D eigenvalue weighted by Gasteiger charge is -2.16. The minimum atomic E-state index is -0.809. The van der Waals surface area contributed by atoms with E-state index < -0.39 is 5.97 Å². The average molecular weight is 369 g/mol.